The van der Waals surface area contributed by atoms with Crippen LogP contribution in [0.2, 0.25) is 0 Å². The molecule has 0 rings (SSSR count). The van der Waals surface area contributed by atoms with Crippen LogP contribution in [0.4, 0.5) is 0 Å². The van der Waals surface area contributed by atoms with E-state index in [-0.39, 0.29) is 0 Å². The van der Waals surface area contributed by atoms with Crippen molar-refractivity contribution in [2.45, 2.75) is 32.9 Å². The van der Waals surface area contributed by atoms with E-state index >= 15 is 0 Å². The highest BCUT2D eigenvalue weighted by molar-refractivity contribution is 4.52. The SMILES string of the molecule is CCC(C)CC(N)[NH2+]C. The third-order valence-electron chi connectivity index (χ3n) is 1.80. The van der Waals surface area contributed by atoms with Crippen LogP contribution >= 0.6 is 0 Å². The summed E-state index contributed by atoms with van der Waals surface area (Å²) in [7, 11) is 2.02. The van der Waals surface area contributed by atoms with Crippen molar-refractivity contribution >= 4 is 0 Å². The monoisotopic (exact) mass is 131 g/mol. The first-order valence-electron chi connectivity index (χ1n) is 3.75. The van der Waals surface area contributed by atoms with Crippen LogP contribution in [-0.4, -0.2) is 13.2 Å². The smallest absolute Gasteiger partial charge is 0.137 e. The lowest BCUT2D eigenvalue weighted by Gasteiger charge is -2.11. The molecule has 0 spiro atoms. The summed E-state index contributed by atoms with van der Waals surface area (Å²) in [6.07, 6.45) is 2.68. The Labute approximate surface area is 57.8 Å². The number of quaternary nitrogens is 1. The molecule has 0 aliphatic rings. The minimum Gasteiger partial charge on any atom is -0.334 e. The number of hydrogen-bond acceptors (Lipinski definition) is 1. The molecule has 0 saturated carbocycles. The van der Waals surface area contributed by atoms with Crippen molar-refractivity contribution in [1.82, 2.24) is 0 Å². The molecule has 0 aliphatic carbocycles. The second kappa shape index (κ2) is 4.77. The van der Waals surface area contributed by atoms with E-state index in [1.807, 2.05) is 7.05 Å². The summed E-state index contributed by atoms with van der Waals surface area (Å²) in [5.41, 5.74) is 5.69. The molecule has 0 saturated heterocycles. The Morgan fingerprint density at radius 2 is 2.11 bits per heavy atom. The number of hydrogen-bond donors (Lipinski definition) is 2. The van der Waals surface area contributed by atoms with Crippen molar-refractivity contribution in [3.05, 3.63) is 0 Å². The summed E-state index contributed by atoms with van der Waals surface area (Å²) >= 11 is 0. The van der Waals surface area contributed by atoms with Crippen LogP contribution < -0.4 is 11.1 Å². The van der Waals surface area contributed by atoms with Crippen molar-refractivity contribution in [1.29, 1.82) is 0 Å². The fourth-order valence-electron chi connectivity index (χ4n) is 0.767. The zero-order chi connectivity index (χ0) is 7.28. The van der Waals surface area contributed by atoms with Gasteiger partial charge in [-0.1, -0.05) is 20.3 Å². The lowest BCUT2D eigenvalue weighted by Crippen LogP contribution is -2.89. The predicted octanol–water partition coefficient (Wildman–Crippen LogP) is -0.0994. The molecule has 0 aromatic rings. The largest absolute Gasteiger partial charge is 0.334 e. The Balaban J connectivity index is 3.22. The van der Waals surface area contributed by atoms with Gasteiger partial charge in [0.05, 0.1) is 7.05 Å². The summed E-state index contributed by atoms with van der Waals surface area (Å²) in [4.78, 5) is 0. The third kappa shape index (κ3) is 4.43. The first-order chi connectivity index (χ1) is 4.20. The van der Waals surface area contributed by atoms with Crippen LogP contribution in [0.15, 0.2) is 0 Å². The predicted molar refractivity (Wildman–Crippen MR) is 39.9 cm³/mol. The normalized spacial score (nSPS) is 17.3. The van der Waals surface area contributed by atoms with Gasteiger partial charge in [0.15, 0.2) is 0 Å². The molecule has 0 heterocycles. The average Bonchev–Trinajstić information content (AvgIpc) is 1.87. The van der Waals surface area contributed by atoms with Gasteiger partial charge in [-0.15, -0.1) is 0 Å². The van der Waals surface area contributed by atoms with Gasteiger partial charge in [0.25, 0.3) is 0 Å². The third-order valence-corrected chi connectivity index (χ3v) is 1.80. The van der Waals surface area contributed by atoms with Crippen LogP contribution in [0.1, 0.15) is 26.7 Å². The molecule has 4 N–H and O–H groups in total. The van der Waals surface area contributed by atoms with E-state index in [0.29, 0.717) is 6.17 Å². The van der Waals surface area contributed by atoms with Crippen LogP contribution in [0.25, 0.3) is 0 Å². The summed E-state index contributed by atoms with van der Waals surface area (Å²) in [6.45, 7) is 4.44. The highest BCUT2D eigenvalue weighted by Crippen LogP contribution is 2.04. The first kappa shape index (κ1) is 8.92. The molecular weight excluding hydrogens is 112 g/mol. The zero-order valence-electron chi connectivity index (χ0n) is 6.72. The minimum atomic E-state index is 0.306. The second-order valence-electron chi connectivity index (χ2n) is 2.75. The van der Waals surface area contributed by atoms with Crippen LogP contribution in [0.3, 0.4) is 0 Å². The van der Waals surface area contributed by atoms with Gasteiger partial charge < -0.3 is 5.32 Å². The molecule has 0 aromatic carbocycles. The topological polar surface area (TPSA) is 42.6 Å². The fourth-order valence-corrected chi connectivity index (χ4v) is 0.767. The molecule has 2 heteroatoms. The van der Waals surface area contributed by atoms with Crippen molar-refractivity contribution in [3.8, 4) is 0 Å². The summed E-state index contributed by atoms with van der Waals surface area (Å²) in [6, 6.07) is 0. The maximum atomic E-state index is 5.69. The van der Waals surface area contributed by atoms with E-state index in [1.54, 1.807) is 0 Å². The van der Waals surface area contributed by atoms with Gasteiger partial charge in [-0.05, 0) is 5.92 Å². The van der Waals surface area contributed by atoms with Crippen molar-refractivity contribution in [3.63, 3.8) is 0 Å². The van der Waals surface area contributed by atoms with Crippen LogP contribution in [0.5, 0.6) is 0 Å². The van der Waals surface area contributed by atoms with Gasteiger partial charge in [0.1, 0.15) is 6.17 Å². The summed E-state index contributed by atoms with van der Waals surface area (Å²) < 4.78 is 0. The lowest BCUT2D eigenvalue weighted by molar-refractivity contribution is -0.664. The standard InChI is InChI=1S/C7H18N2/c1-4-6(2)5-7(8)9-3/h6-7,9H,4-5,8H2,1-3H3/p+1. The molecule has 0 bridgehead atoms. The van der Waals surface area contributed by atoms with E-state index in [4.69, 9.17) is 5.73 Å². The van der Waals surface area contributed by atoms with E-state index in [2.05, 4.69) is 19.2 Å². The van der Waals surface area contributed by atoms with Gasteiger partial charge in [-0.2, -0.15) is 0 Å². The molecule has 56 valence electrons. The molecule has 0 radical (unpaired) electrons. The Morgan fingerprint density at radius 1 is 1.56 bits per heavy atom. The number of rotatable bonds is 4. The first-order valence-corrected chi connectivity index (χ1v) is 3.75. The van der Waals surface area contributed by atoms with E-state index in [0.717, 1.165) is 12.3 Å². The fraction of sp³-hybridized carbons (Fsp3) is 1.00. The van der Waals surface area contributed by atoms with Gasteiger partial charge in [0, 0.05) is 6.42 Å². The van der Waals surface area contributed by atoms with Gasteiger partial charge in [-0.3, -0.25) is 5.73 Å². The van der Waals surface area contributed by atoms with Gasteiger partial charge >= 0.3 is 0 Å². The Morgan fingerprint density at radius 3 is 2.44 bits per heavy atom. The van der Waals surface area contributed by atoms with Gasteiger partial charge in [-0.25, -0.2) is 0 Å². The molecule has 0 aromatic heterocycles. The molecular formula is C7H19N2+. The van der Waals surface area contributed by atoms with Crippen molar-refractivity contribution < 1.29 is 5.32 Å². The molecule has 2 nitrogen and oxygen atoms in total. The molecule has 0 amide bonds. The van der Waals surface area contributed by atoms with Crippen molar-refractivity contribution in [2.75, 3.05) is 7.05 Å². The maximum Gasteiger partial charge on any atom is 0.137 e. The Bertz CT molecular complexity index is 55.9. The summed E-state index contributed by atoms with van der Waals surface area (Å²) in [5.74, 6) is 0.774. The van der Waals surface area contributed by atoms with E-state index < -0.39 is 0 Å². The zero-order valence-corrected chi connectivity index (χ0v) is 6.72. The van der Waals surface area contributed by atoms with Crippen LogP contribution in [0, 0.1) is 5.92 Å². The quantitative estimate of drug-likeness (QED) is 0.514. The average molecular weight is 131 g/mol. The molecule has 0 aliphatic heterocycles. The lowest BCUT2D eigenvalue weighted by atomic mass is 10.0. The van der Waals surface area contributed by atoms with E-state index in [9.17, 15) is 0 Å². The maximum absolute atomic E-state index is 5.69. The second-order valence-corrected chi connectivity index (χ2v) is 2.75. The highest BCUT2D eigenvalue weighted by atomic mass is 15.0. The Kier molecular flexibility index (Phi) is 4.72. The van der Waals surface area contributed by atoms with Gasteiger partial charge in [0.2, 0.25) is 0 Å². The molecule has 2 unspecified atom stereocenters. The molecule has 0 fully saturated rings. The van der Waals surface area contributed by atoms with Crippen LogP contribution in [-0.2, 0) is 0 Å². The molecule has 2 atom stereocenters. The number of nitrogens with two attached hydrogens (primary N) is 2. The highest BCUT2D eigenvalue weighted by Gasteiger charge is 2.06. The van der Waals surface area contributed by atoms with E-state index in [1.165, 1.54) is 6.42 Å². The minimum absolute atomic E-state index is 0.306. The molecule has 9 heavy (non-hydrogen) atoms. The van der Waals surface area contributed by atoms with Crippen molar-refractivity contribution in [2.24, 2.45) is 11.7 Å². The Hall–Kier alpha value is -0.0800. The summed E-state index contributed by atoms with van der Waals surface area (Å²) in [5, 5.41) is 2.06.